The van der Waals surface area contributed by atoms with Gasteiger partial charge in [-0.15, -0.1) is 24.0 Å². The average Bonchev–Trinajstić information content (AvgIpc) is 2.84. The van der Waals surface area contributed by atoms with Gasteiger partial charge in [-0.3, -0.25) is 0 Å². The standard InChI is InChI=1S/C18H19N3O3.HI/c19-18(21-14-11-24-15-5-2-1-4-13(14)15)20-12-6-7-16-17(10-12)23-9-3-8-22-16;/h1-2,4-7,10,14H,3,8-9,11H2,(H3,19,20,21);1H. The van der Waals surface area contributed by atoms with E-state index in [1.54, 1.807) is 0 Å². The summed E-state index contributed by atoms with van der Waals surface area (Å²) in [7, 11) is 0. The van der Waals surface area contributed by atoms with Crippen molar-refractivity contribution in [1.29, 1.82) is 0 Å². The number of guanidine groups is 1. The second-order valence-electron chi connectivity index (χ2n) is 5.72. The molecule has 0 saturated heterocycles. The summed E-state index contributed by atoms with van der Waals surface area (Å²) in [5, 5.41) is 3.11. The minimum atomic E-state index is -0.0888. The molecular weight excluding hydrogens is 433 g/mol. The molecule has 4 rings (SSSR count). The van der Waals surface area contributed by atoms with Crippen LogP contribution in [-0.2, 0) is 0 Å². The van der Waals surface area contributed by atoms with Gasteiger partial charge in [-0.2, -0.15) is 0 Å². The topological polar surface area (TPSA) is 78.1 Å². The molecule has 132 valence electrons. The van der Waals surface area contributed by atoms with Gasteiger partial charge in [-0.25, -0.2) is 4.99 Å². The number of hydrogen-bond acceptors (Lipinski definition) is 4. The van der Waals surface area contributed by atoms with Crippen LogP contribution in [0.25, 0.3) is 0 Å². The Morgan fingerprint density at radius 3 is 2.68 bits per heavy atom. The zero-order valence-electron chi connectivity index (χ0n) is 13.6. The molecule has 1 atom stereocenters. The maximum Gasteiger partial charge on any atom is 0.193 e. The van der Waals surface area contributed by atoms with E-state index in [9.17, 15) is 0 Å². The lowest BCUT2D eigenvalue weighted by molar-refractivity contribution is 0.297. The first-order valence-corrected chi connectivity index (χ1v) is 8.01. The third-order valence-electron chi connectivity index (χ3n) is 3.99. The minimum absolute atomic E-state index is 0. The lowest BCUT2D eigenvalue weighted by Crippen LogP contribution is -2.23. The number of hydrogen-bond donors (Lipinski definition) is 2. The summed E-state index contributed by atoms with van der Waals surface area (Å²) in [5.41, 5.74) is 7.93. The highest BCUT2D eigenvalue weighted by molar-refractivity contribution is 14.0. The number of anilines is 1. The number of aliphatic imine (C=N–C) groups is 1. The van der Waals surface area contributed by atoms with Crippen molar-refractivity contribution >= 4 is 35.6 Å². The molecule has 1 unspecified atom stereocenters. The van der Waals surface area contributed by atoms with E-state index >= 15 is 0 Å². The molecule has 2 aromatic carbocycles. The van der Waals surface area contributed by atoms with E-state index in [1.165, 1.54) is 0 Å². The third-order valence-corrected chi connectivity index (χ3v) is 3.99. The molecule has 3 N–H and O–H groups in total. The predicted molar refractivity (Wildman–Crippen MR) is 107 cm³/mol. The lowest BCUT2D eigenvalue weighted by atomic mass is 10.1. The predicted octanol–water partition coefficient (Wildman–Crippen LogP) is 3.33. The van der Waals surface area contributed by atoms with E-state index in [1.807, 2.05) is 42.5 Å². The van der Waals surface area contributed by atoms with Gasteiger partial charge in [0.2, 0.25) is 0 Å². The van der Waals surface area contributed by atoms with Crippen LogP contribution >= 0.6 is 24.0 Å². The van der Waals surface area contributed by atoms with Crippen LogP contribution in [0.2, 0.25) is 0 Å². The Kier molecular flexibility index (Phi) is 5.52. The van der Waals surface area contributed by atoms with E-state index in [4.69, 9.17) is 19.9 Å². The van der Waals surface area contributed by atoms with Gasteiger partial charge in [0.25, 0.3) is 0 Å². The number of nitrogens with two attached hydrogens (primary N) is 1. The van der Waals surface area contributed by atoms with Crippen LogP contribution in [0.15, 0.2) is 47.5 Å². The number of nitrogens with one attached hydrogen (secondary N) is 1. The molecule has 2 aromatic rings. The summed E-state index contributed by atoms with van der Waals surface area (Å²) in [5.74, 6) is 2.69. The molecule has 0 bridgehead atoms. The lowest BCUT2D eigenvalue weighted by Gasteiger charge is -2.11. The summed E-state index contributed by atoms with van der Waals surface area (Å²) in [4.78, 5) is 4.53. The van der Waals surface area contributed by atoms with Gasteiger partial charge in [0, 0.05) is 23.7 Å². The van der Waals surface area contributed by atoms with E-state index < -0.39 is 0 Å². The zero-order valence-corrected chi connectivity index (χ0v) is 15.9. The van der Waals surface area contributed by atoms with Crippen LogP contribution in [0.1, 0.15) is 18.0 Å². The van der Waals surface area contributed by atoms with Crippen LogP contribution in [0.4, 0.5) is 5.69 Å². The van der Waals surface area contributed by atoms with Gasteiger partial charge in [0.15, 0.2) is 17.5 Å². The minimum Gasteiger partial charge on any atom is -0.491 e. The Balaban J connectivity index is 0.00000182. The van der Waals surface area contributed by atoms with Crippen molar-refractivity contribution in [1.82, 2.24) is 0 Å². The van der Waals surface area contributed by atoms with Crippen molar-refractivity contribution < 1.29 is 14.2 Å². The van der Waals surface area contributed by atoms with E-state index in [0.29, 0.717) is 25.8 Å². The Labute approximate surface area is 163 Å². The fourth-order valence-corrected chi connectivity index (χ4v) is 2.84. The highest BCUT2D eigenvalue weighted by Gasteiger charge is 2.23. The highest BCUT2D eigenvalue weighted by Crippen LogP contribution is 2.35. The van der Waals surface area contributed by atoms with Crippen molar-refractivity contribution in [3.8, 4) is 17.2 Å². The molecule has 0 aliphatic carbocycles. The van der Waals surface area contributed by atoms with E-state index in [-0.39, 0.29) is 30.0 Å². The van der Waals surface area contributed by atoms with Crippen LogP contribution in [-0.4, -0.2) is 25.8 Å². The number of halogens is 1. The van der Waals surface area contributed by atoms with E-state index in [0.717, 1.165) is 34.9 Å². The normalized spacial score (nSPS) is 18.4. The quantitative estimate of drug-likeness (QED) is 0.415. The Morgan fingerprint density at radius 1 is 1.00 bits per heavy atom. The van der Waals surface area contributed by atoms with Gasteiger partial charge in [0.05, 0.1) is 13.2 Å². The van der Waals surface area contributed by atoms with Crippen LogP contribution < -0.4 is 25.3 Å². The smallest absolute Gasteiger partial charge is 0.193 e. The van der Waals surface area contributed by atoms with Crippen molar-refractivity contribution in [3.63, 3.8) is 0 Å². The Bertz CT molecular complexity index is 782. The fraction of sp³-hybridized carbons (Fsp3) is 0.278. The summed E-state index contributed by atoms with van der Waals surface area (Å²) >= 11 is 0. The first kappa shape index (κ1) is 17.7. The summed E-state index contributed by atoms with van der Waals surface area (Å²) in [6.07, 6.45) is 0.877. The number of fused-ring (bicyclic) bond motifs is 2. The van der Waals surface area contributed by atoms with Crippen LogP contribution in [0.5, 0.6) is 17.2 Å². The molecule has 6 nitrogen and oxygen atoms in total. The number of benzene rings is 2. The molecule has 0 aromatic heterocycles. The van der Waals surface area contributed by atoms with Crippen molar-refractivity contribution in [2.45, 2.75) is 12.5 Å². The van der Waals surface area contributed by atoms with Gasteiger partial charge in [0.1, 0.15) is 18.4 Å². The van der Waals surface area contributed by atoms with Gasteiger partial charge in [-0.05, 0) is 18.2 Å². The van der Waals surface area contributed by atoms with Crippen molar-refractivity contribution in [2.24, 2.45) is 10.7 Å². The maximum atomic E-state index is 6.06. The molecule has 0 radical (unpaired) electrons. The molecule has 2 aliphatic rings. The first-order chi connectivity index (χ1) is 11.8. The van der Waals surface area contributed by atoms with Gasteiger partial charge < -0.3 is 25.3 Å². The molecule has 2 aliphatic heterocycles. The second kappa shape index (κ2) is 7.81. The Hall–Kier alpha value is -2.16. The van der Waals surface area contributed by atoms with Crippen molar-refractivity contribution in [3.05, 3.63) is 48.0 Å². The van der Waals surface area contributed by atoms with Crippen LogP contribution in [0, 0.1) is 0 Å². The molecule has 25 heavy (non-hydrogen) atoms. The monoisotopic (exact) mass is 453 g/mol. The second-order valence-corrected chi connectivity index (χ2v) is 5.72. The molecule has 0 amide bonds. The van der Waals surface area contributed by atoms with Gasteiger partial charge >= 0.3 is 0 Å². The maximum absolute atomic E-state index is 6.06. The summed E-state index contributed by atoms with van der Waals surface area (Å²) in [6.45, 7) is 1.82. The average molecular weight is 453 g/mol. The Morgan fingerprint density at radius 2 is 1.80 bits per heavy atom. The summed E-state index contributed by atoms with van der Waals surface area (Å²) in [6, 6.07) is 13.4. The first-order valence-electron chi connectivity index (χ1n) is 8.01. The SMILES string of the molecule is I.NC(=NC1COc2ccccc21)Nc1ccc2c(c1)OCCCO2. The highest BCUT2D eigenvalue weighted by atomic mass is 127. The molecule has 0 saturated carbocycles. The zero-order chi connectivity index (χ0) is 16.4. The van der Waals surface area contributed by atoms with Gasteiger partial charge in [-0.1, -0.05) is 18.2 Å². The molecule has 7 heteroatoms. The molecular formula is C18H20IN3O3. The largest absolute Gasteiger partial charge is 0.491 e. The van der Waals surface area contributed by atoms with Crippen LogP contribution in [0.3, 0.4) is 0 Å². The molecule has 0 fully saturated rings. The van der Waals surface area contributed by atoms with Crippen molar-refractivity contribution in [2.75, 3.05) is 25.1 Å². The number of ether oxygens (including phenoxy) is 3. The molecule has 0 spiro atoms. The third kappa shape index (κ3) is 3.92. The number of rotatable bonds is 2. The van der Waals surface area contributed by atoms with E-state index in [2.05, 4.69) is 10.3 Å². The molecule has 2 heterocycles. The number of nitrogens with zero attached hydrogens (tertiary/aromatic N) is 1. The summed E-state index contributed by atoms with van der Waals surface area (Å²) < 4.78 is 16.9. The fourth-order valence-electron chi connectivity index (χ4n) is 2.84. The number of para-hydroxylation sites is 1.